The van der Waals surface area contributed by atoms with Gasteiger partial charge in [-0.15, -0.1) is 11.6 Å². The number of phenols is 1. The maximum Gasteiger partial charge on any atom is 0.274 e. The average molecular weight is 483 g/mol. The molecular formula is C29H23ClN2O3. The molecule has 0 bridgehead atoms. The Hall–Kier alpha value is -3.96. The number of carbonyl (C=O) groups excluding carboxylic acids is 1. The number of benzene rings is 4. The van der Waals surface area contributed by atoms with Crippen molar-refractivity contribution in [2.24, 2.45) is 0 Å². The van der Waals surface area contributed by atoms with Crippen LogP contribution in [-0.2, 0) is 0 Å². The first-order chi connectivity index (χ1) is 17.1. The highest BCUT2D eigenvalue weighted by atomic mass is 35.5. The van der Waals surface area contributed by atoms with E-state index in [1.54, 1.807) is 19.2 Å². The Morgan fingerprint density at radius 1 is 1.06 bits per heavy atom. The second-order valence-electron chi connectivity index (χ2n) is 8.85. The van der Waals surface area contributed by atoms with Crippen LogP contribution < -0.4 is 9.64 Å². The fourth-order valence-electron chi connectivity index (χ4n) is 5.14. The molecule has 4 aromatic carbocycles. The number of aromatic nitrogens is 1. The normalized spacial score (nSPS) is 15.0. The van der Waals surface area contributed by atoms with Crippen LogP contribution in [-0.4, -0.2) is 35.5 Å². The lowest BCUT2D eigenvalue weighted by atomic mass is 9.90. The van der Waals surface area contributed by atoms with Gasteiger partial charge in [-0.25, -0.2) is 0 Å². The molecule has 5 aromatic rings. The largest absolute Gasteiger partial charge is 0.508 e. The molecule has 6 rings (SSSR count). The van der Waals surface area contributed by atoms with Gasteiger partial charge in [0, 0.05) is 34.9 Å². The van der Waals surface area contributed by atoms with Gasteiger partial charge in [-0.1, -0.05) is 36.4 Å². The molecule has 1 atom stereocenters. The van der Waals surface area contributed by atoms with Gasteiger partial charge in [0.2, 0.25) is 0 Å². The monoisotopic (exact) mass is 482 g/mol. The molecule has 1 unspecified atom stereocenters. The first kappa shape index (κ1) is 21.6. The van der Waals surface area contributed by atoms with Crippen LogP contribution in [0, 0.1) is 0 Å². The number of nitrogens with zero attached hydrogens (tertiary/aromatic N) is 1. The summed E-state index contributed by atoms with van der Waals surface area (Å²) in [5.41, 5.74) is 5.36. The molecule has 2 N–H and O–H groups in total. The summed E-state index contributed by atoms with van der Waals surface area (Å²) in [6.07, 6.45) is 0. The molecule has 0 radical (unpaired) electrons. The van der Waals surface area contributed by atoms with E-state index in [0.717, 1.165) is 49.8 Å². The van der Waals surface area contributed by atoms with Crippen LogP contribution in [0.2, 0.25) is 0 Å². The van der Waals surface area contributed by atoms with Crippen molar-refractivity contribution in [2.75, 3.05) is 24.4 Å². The molecule has 1 aliphatic heterocycles. The number of nitrogens with one attached hydrogen (secondary N) is 1. The predicted octanol–water partition coefficient (Wildman–Crippen LogP) is 6.69. The molecule has 0 saturated carbocycles. The first-order valence-electron chi connectivity index (χ1n) is 11.5. The average Bonchev–Trinajstić information content (AvgIpc) is 3.49. The summed E-state index contributed by atoms with van der Waals surface area (Å²) in [7, 11) is 1.63. The number of alkyl halides is 1. The van der Waals surface area contributed by atoms with Crippen LogP contribution in [0.15, 0.2) is 78.9 Å². The fourth-order valence-corrected chi connectivity index (χ4v) is 5.39. The number of H-pyrrole nitrogens is 1. The summed E-state index contributed by atoms with van der Waals surface area (Å²) in [5.74, 6) is 1.31. The number of aromatic hydroxyl groups is 1. The lowest BCUT2D eigenvalue weighted by Crippen LogP contribution is -2.30. The number of fused-ring (bicyclic) bond motifs is 4. The van der Waals surface area contributed by atoms with E-state index in [1.807, 2.05) is 53.4 Å². The minimum absolute atomic E-state index is 0.0267. The van der Waals surface area contributed by atoms with Gasteiger partial charge in [0.1, 0.15) is 17.2 Å². The number of hydrogen-bond acceptors (Lipinski definition) is 3. The van der Waals surface area contributed by atoms with Crippen molar-refractivity contribution in [2.45, 2.75) is 5.92 Å². The molecule has 35 heavy (non-hydrogen) atoms. The molecule has 1 aliphatic rings. The number of carbonyl (C=O) groups is 1. The minimum atomic E-state index is -0.0963. The fraction of sp³-hybridized carbons (Fsp3) is 0.138. The van der Waals surface area contributed by atoms with Crippen molar-refractivity contribution < 1.29 is 14.6 Å². The summed E-state index contributed by atoms with van der Waals surface area (Å²) in [6, 6.07) is 25.0. The van der Waals surface area contributed by atoms with Crippen molar-refractivity contribution in [3.05, 3.63) is 90.1 Å². The summed E-state index contributed by atoms with van der Waals surface area (Å²) in [4.78, 5) is 18.9. The zero-order chi connectivity index (χ0) is 24.1. The van der Waals surface area contributed by atoms with E-state index in [4.69, 9.17) is 16.3 Å². The van der Waals surface area contributed by atoms with E-state index in [2.05, 4.69) is 23.2 Å². The minimum Gasteiger partial charge on any atom is -0.508 e. The SMILES string of the molecule is COc1ccc2[nH]c(C(=O)N3CC(CCl)c4c3cc(-c3ccc(O)cc3)c3ccccc43)cc2c1. The number of phenolic OH excluding ortho intramolecular Hbond substituents is 1. The molecule has 6 heteroatoms. The van der Waals surface area contributed by atoms with Crippen LogP contribution in [0.1, 0.15) is 22.0 Å². The van der Waals surface area contributed by atoms with Crippen LogP contribution in [0.3, 0.4) is 0 Å². The van der Waals surface area contributed by atoms with Crippen LogP contribution >= 0.6 is 11.6 Å². The Morgan fingerprint density at radius 3 is 2.57 bits per heavy atom. The second-order valence-corrected chi connectivity index (χ2v) is 9.16. The Balaban J connectivity index is 1.52. The third-order valence-corrected chi connectivity index (χ3v) is 7.21. The topological polar surface area (TPSA) is 65.6 Å². The Labute approximate surface area is 207 Å². The van der Waals surface area contributed by atoms with Crippen molar-refractivity contribution in [3.8, 4) is 22.6 Å². The molecule has 2 heterocycles. The van der Waals surface area contributed by atoms with E-state index < -0.39 is 0 Å². The highest BCUT2D eigenvalue weighted by Crippen LogP contribution is 2.46. The third kappa shape index (κ3) is 3.51. The maximum atomic E-state index is 13.8. The smallest absolute Gasteiger partial charge is 0.274 e. The maximum absolute atomic E-state index is 13.8. The van der Waals surface area contributed by atoms with E-state index in [9.17, 15) is 9.90 Å². The van der Waals surface area contributed by atoms with Gasteiger partial charge in [0.05, 0.1) is 7.11 Å². The molecule has 0 saturated heterocycles. The molecule has 5 nitrogen and oxygen atoms in total. The Morgan fingerprint density at radius 2 is 1.83 bits per heavy atom. The molecule has 174 valence electrons. The number of anilines is 1. The molecule has 1 amide bonds. The van der Waals surface area contributed by atoms with Gasteiger partial charge in [-0.2, -0.15) is 0 Å². The van der Waals surface area contributed by atoms with E-state index in [0.29, 0.717) is 18.1 Å². The Bertz CT molecular complexity index is 1590. The first-order valence-corrected chi connectivity index (χ1v) is 12.0. The summed E-state index contributed by atoms with van der Waals surface area (Å²) < 4.78 is 5.33. The summed E-state index contributed by atoms with van der Waals surface area (Å²) in [6.45, 7) is 0.513. The van der Waals surface area contributed by atoms with Gasteiger partial charge in [0.25, 0.3) is 5.91 Å². The molecule has 0 aliphatic carbocycles. The van der Waals surface area contributed by atoms with E-state index >= 15 is 0 Å². The van der Waals surface area contributed by atoms with Crippen molar-refractivity contribution in [1.82, 2.24) is 4.98 Å². The van der Waals surface area contributed by atoms with Crippen LogP contribution in [0.4, 0.5) is 5.69 Å². The highest BCUT2D eigenvalue weighted by molar-refractivity contribution is 6.19. The van der Waals surface area contributed by atoms with Gasteiger partial charge < -0.3 is 19.7 Å². The predicted molar refractivity (Wildman–Crippen MR) is 141 cm³/mol. The van der Waals surface area contributed by atoms with Gasteiger partial charge >= 0.3 is 0 Å². The van der Waals surface area contributed by atoms with Gasteiger partial charge in [-0.3, -0.25) is 4.79 Å². The van der Waals surface area contributed by atoms with Crippen molar-refractivity contribution in [3.63, 3.8) is 0 Å². The summed E-state index contributed by atoms with van der Waals surface area (Å²) in [5, 5.41) is 12.9. The highest BCUT2D eigenvalue weighted by Gasteiger charge is 2.35. The van der Waals surface area contributed by atoms with Crippen molar-refractivity contribution in [1.29, 1.82) is 0 Å². The standard InChI is InChI=1S/C29H23ClN2O3/c1-35-21-10-11-25-18(12-21)13-26(31-25)29(34)32-16-19(15-30)28-23-5-3-2-4-22(23)24(14-27(28)32)17-6-8-20(33)9-7-17/h2-14,19,31,33H,15-16H2,1H3. The zero-order valence-electron chi connectivity index (χ0n) is 19.1. The number of ether oxygens (including phenoxy) is 1. The van der Waals surface area contributed by atoms with Crippen molar-refractivity contribution >= 4 is 44.9 Å². The molecule has 0 spiro atoms. The second kappa shape index (κ2) is 8.36. The molecular weight excluding hydrogens is 460 g/mol. The summed E-state index contributed by atoms with van der Waals surface area (Å²) >= 11 is 6.44. The zero-order valence-corrected chi connectivity index (χ0v) is 19.8. The number of aromatic amines is 1. The lowest BCUT2D eigenvalue weighted by molar-refractivity contribution is 0.0984. The number of amides is 1. The number of halogens is 1. The number of methoxy groups -OCH3 is 1. The van der Waals surface area contributed by atoms with E-state index in [-0.39, 0.29) is 17.6 Å². The lowest BCUT2D eigenvalue weighted by Gasteiger charge is -2.19. The van der Waals surface area contributed by atoms with Gasteiger partial charge in [0.15, 0.2) is 0 Å². The van der Waals surface area contributed by atoms with Crippen LogP contribution in [0.5, 0.6) is 11.5 Å². The Kier molecular flexibility index (Phi) is 5.15. The molecule has 0 fully saturated rings. The van der Waals surface area contributed by atoms with Gasteiger partial charge in [-0.05, 0) is 69.9 Å². The quantitative estimate of drug-likeness (QED) is 0.281. The number of rotatable bonds is 4. The van der Waals surface area contributed by atoms with Crippen LogP contribution in [0.25, 0.3) is 32.8 Å². The number of hydrogen-bond donors (Lipinski definition) is 2. The molecule has 1 aromatic heterocycles. The third-order valence-electron chi connectivity index (χ3n) is 6.83. The van der Waals surface area contributed by atoms with E-state index in [1.165, 1.54) is 0 Å².